The summed E-state index contributed by atoms with van der Waals surface area (Å²) in [5.41, 5.74) is 1.01. The van der Waals surface area contributed by atoms with Crippen LogP contribution in [0.25, 0.3) is 0 Å². The van der Waals surface area contributed by atoms with Gasteiger partial charge in [0.2, 0.25) is 10.0 Å². The molecule has 124 valence electrons. The van der Waals surface area contributed by atoms with Crippen molar-refractivity contribution in [1.82, 2.24) is 4.72 Å². The van der Waals surface area contributed by atoms with Gasteiger partial charge >= 0.3 is 0 Å². The van der Waals surface area contributed by atoms with Gasteiger partial charge in [-0.25, -0.2) is 13.1 Å². The quantitative estimate of drug-likeness (QED) is 0.845. The van der Waals surface area contributed by atoms with Gasteiger partial charge in [0, 0.05) is 0 Å². The zero-order valence-corrected chi connectivity index (χ0v) is 14.3. The molecule has 0 amide bonds. The first-order valence-corrected chi connectivity index (χ1v) is 8.75. The molecule has 0 aromatic heterocycles. The summed E-state index contributed by atoms with van der Waals surface area (Å²) >= 11 is 0. The van der Waals surface area contributed by atoms with E-state index >= 15 is 0 Å². The van der Waals surface area contributed by atoms with E-state index in [2.05, 4.69) is 4.72 Å². The van der Waals surface area contributed by atoms with Crippen LogP contribution in [0.3, 0.4) is 0 Å². The van der Waals surface area contributed by atoms with Crippen molar-refractivity contribution in [3.63, 3.8) is 0 Å². The minimum absolute atomic E-state index is 0.234. The Morgan fingerprint density at radius 1 is 1.00 bits per heavy atom. The first-order valence-electron chi connectivity index (χ1n) is 7.26. The molecule has 6 heteroatoms. The number of rotatable bonds is 7. The van der Waals surface area contributed by atoms with E-state index in [1.54, 1.807) is 62.6 Å². The van der Waals surface area contributed by atoms with Crippen LogP contribution in [-0.4, -0.2) is 28.2 Å². The molecule has 0 unspecified atom stereocenters. The summed E-state index contributed by atoms with van der Waals surface area (Å²) in [5, 5.41) is 0. The molecule has 0 aliphatic carbocycles. The molecule has 0 aliphatic rings. The van der Waals surface area contributed by atoms with Crippen LogP contribution in [0.4, 0.5) is 0 Å². The molecule has 23 heavy (non-hydrogen) atoms. The second-order valence-corrected chi connectivity index (χ2v) is 7.04. The lowest BCUT2D eigenvalue weighted by atomic mass is 10.2. The molecule has 1 atom stereocenters. The number of ether oxygens (including phenoxy) is 2. The molecule has 0 saturated carbocycles. The van der Waals surface area contributed by atoms with Crippen LogP contribution in [0.2, 0.25) is 0 Å². The number of nitrogens with one attached hydrogen (secondary N) is 1. The first kappa shape index (κ1) is 17.3. The molecule has 1 N–H and O–H groups in total. The van der Waals surface area contributed by atoms with E-state index in [9.17, 15) is 8.42 Å². The highest BCUT2D eigenvalue weighted by Gasteiger charge is 2.17. The fourth-order valence-electron chi connectivity index (χ4n) is 1.98. The van der Waals surface area contributed by atoms with Crippen molar-refractivity contribution < 1.29 is 17.9 Å². The van der Waals surface area contributed by atoms with Crippen molar-refractivity contribution in [1.29, 1.82) is 0 Å². The third-order valence-electron chi connectivity index (χ3n) is 3.25. The van der Waals surface area contributed by atoms with E-state index in [0.717, 1.165) is 11.3 Å². The maximum Gasteiger partial charge on any atom is 0.240 e. The van der Waals surface area contributed by atoms with Crippen molar-refractivity contribution in [3.05, 3.63) is 54.1 Å². The number of hydrogen-bond acceptors (Lipinski definition) is 4. The van der Waals surface area contributed by atoms with Gasteiger partial charge in [0.1, 0.15) is 18.1 Å². The van der Waals surface area contributed by atoms with E-state index in [4.69, 9.17) is 9.47 Å². The molecule has 2 rings (SSSR count). The van der Waals surface area contributed by atoms with Crippen molar-refractivity contribution in [2.24, 2.45) is 0 Å². The van der Waals surface area contributed by atoms with Gasteiger partial charge in [-0.3, -0.25) is 0 Å². The summed E-state index contributed by atoms with van der Waals surface area (Å²) in [6.07, 6.45) is 0. The highest BCUT2D eigenvalue weighted by Crippen LogP contribution is 2.17. The van der Waals surface area contributed by atoms with Gasteiger partial charge in [-0.1, -0.05) is 17.7 Å². The summed E-state index contributed by atoms with van der Waals surface area (Å²) in [6.45, 7) is 3.90. The second-order valence-electron chi connectivity index (χ2n) is 5.32. The van der Waals surface area contributed by atoms with Crippen molar-refractivity contribution >= 4 is 10.0 Å². The monoisotopic (exact) mass is 335 g/mol. The SMILES string of the molecule is COc1ccc(OC[C@@H](C)NS(=O)(=O)c2ccc(C)cc2)cc1. The maximum atomic E-state index is 12.3. The zero-order chi connectivity index (χ0) is 16.9. The summed E-state index contributed by atoms with van der Waals surface area (Å²) in [6, 6.07) is 13.5. The largest absolute Gasteiger partial charge is 0.497 e. The van der Waals surface area contributed by atoms with E-state index in [1.165, 1.54) is 0 Å². The average Bonchev–Trinajstić information content (AvgIpc) is 2.53. The van der Waals surface area contributed by atoms with Crippen LogP contribution in [-0.2, 0) is 10.0 Å². The third kappa shape index (κ3) is 4.97. The van der Waals surface area contributed by atoms with Crippen molar-refractivity contribution in [2.75, 3.05) is 13.7 Å². The van der Waals surface area contributed by atoms with Gasteiger partial charge in [0.15, 0.2) is 0 Å². The Labute approximate surface area is 137 Å². The number of hydrogen-bond donors (Lipinski definition) is 1. The minimum Gasteiger partial charge on any atom is -0.497 e. The summed E-state index contributed by atoms with van der Waals surface area (Å²) < 4.78 is 37.8. The van der Waals surface area contributed by atoms with Gasteiger partial charge in [0.25, 0.3) is 0 Å². The fourth-order valence-corrected chi connectivity index (χ4v) is 3.21. The van der Waals surface area contributed by atoms with E-state index in [0.29, 0.717) is 5.75 Å². The first-order chi connectivity index (χ1) is 10.9. The van der Waals surface area contributed by atoms with Crippen LogP contribution in [0.15, 0.2) is 53.4 Å². The molecule has 0 spiro atoms. The molecule has 0 fully saturated rings. The fraction of sp³-hybridized carbons (Fsp3) is 0.294. The van der Waals surface area contributed by atoms with Gasteiger partial charge in [-0.05, 0) is 50.2 Å². The number of methoxy groups -OCH3 is 1. The molecule has 0 bridgehead atoms. The van der Waals surface area contributed by atoms with Gasteiger partial charge in [-0.15, -0.1) is 0 Å². The highest BCUT2D eigenvalue weighted by atomic mass is 32.2. The molecule has 0 heterocycles. The molecular weight excluding hydrogens is 314 g/mol. The zero-order valence-electron chi connectivity index (χ0n) is 13.4. The van der Waals surface area contributed by atoms with Gasteiger partial charge in [-0.2, -0.15) is 0 Å². The number of benzene rings is 2. The minimum atomic E-state index is -3.54. The molecule has 5 nitrogen and oxygen atoms in total. The Kier molecular flexibility index (Phi) is 5.63. The van der Waals surface area contributed by atoms with Crippen molar-refractivity contribution in [2.45, 2.75) is 24.8 Å². The lowest BCUT2D eigenvalue weighted by Gasteiger charge is -2.15. The lowest BCUT2D eigenvalue weighted by Crippen LogP contribution is -2.36. The molecule has 2 aromatic rings. The average molecular weight is 335 g/mol. The summed E-state index contributed by atoms with van der Waals surface area (Å²) in [5.74, 6) is 1.40. The Morgan fingerprint density at radius 3 is 2.13 bits per heavy atom. The second kappa shape index (κ2) is 7.48. The summed E-state index contributed by atoms with van der Waals surface area (Å²) in [7, 11) is -1.95. The normalized spacial score (nSPS) is 12.7. The molecule has 2 aromatic carbocycles. The predicted octanol–water partition coefficient (Wildman–Crippen LogP) is 2.75. The predicted molar refractivity (Wildman–Crippen MR) is 89.5 cm³/mol. The van der Waals surface area contributed by atoms with Crippen molar-refractivity contribution in [3.8, 4) is 11.5 Å². The molecule has 0 aliphatic heterocycles. The van der Waals surface area contributed by atoms with Gasteiger partial charge < -0.3 is 9.47 Å². The van der Waals surface area contributed by atoms with Crippen LogP contribution >= 0.6 is 0 Å². The molecular formula is C17H21NO4S. The van der Waals surface area contributed by atoms with E-state index in [1.807, 2.05) is 6.92 Å². The Bertz CT molecular complexity index is 724. The Morgan fingerprint density at radius 2 is 1.57 bits per heavy atom. The molecule has 0 saturated heterocycles. The van der Waals surface area contributed by atoms with E-state index < -0.39 is 10.0 Å². The summed E-state index contributed by atoms with van der Waals surface area (Å²) in [4.78, 5) is 0.249. The standard InChI is InChI=1S/C17H21NO4S/c1-13-4-10-17(11-5-13)23(19,20)18-14(2)12-22-16-8-6-15(21-3)7-9-16/h4-11,14,18H,12H2,1-3H3/t14-/m1/s1. The topological polar surface area (TPSA) is 64.6 Å². The van der Waals surface area contributed by atoms with Crippen LogP contribution in [0.1, 0.15) is 12.5 Å². The smallest absolute Gasteiger partial charge is 0.240 e. The lowest BCUT2D eigenvalue weighted by molar-refractivity contribution is 0.287. The van der Waals surface area contributed by atoms with E-state index in [-0.39, 0.29) is 17.5 Å². The van der Waals surface area contributed by atoms with Crippen LogP contribution < -0.4 is 14.2 Å². The molecule has 0 radical (unpaired) electrons. The van der Waals surface area contributed by atoms with Gasteiger partial charge in [0.05, 0.1) is 18.0 Å². The Hall–Kier alpha value is -2.05. The van der Waals surface area contributed by atoms with Crippen LogP contribution in [0.5, 0.6) is 11.5 Å². The number of sulfonamides is 1. The Balaban J connectivity index is 1.92. The third-order valence-corrected chi connectivity index (χ3v) is 4.85. The highest BCUT2D eigenvalue weighted by molar-refractivity contribution is 7.89. The number of aryl methyl sites for hydroxylation is 1. The maximum absolute atomic E-state index is 12.3. The van der Waals surface area contributed by atoms with Crippen LogP contribution in [0, 0.1) is 6.92 Å².